The summed E-state index contributed by atoms with van der Waals surface area (Å²) in [4.78, 5) is 14.2. The van der Waals surface area contributed by atoms with Crippen LogP contribution in [-0.4, -0.2) is 68.5 Å². The number of hydrogen-bond donors (Lipinski definition) is 1. The van der Waals surface area contributed by atoms with E-state index in [9.17, 15) is 13.2 Å². The second-order valence-corrected chi connectivity index (χ2v) is 8.43. The summed E-state index contributed by atoms with van der Waals surface area (Å²) in [5.74, 6) is 0.0894. The second kappa shape index (κ2) is 7.46. The molecule has 0 unspecified atom stereocenters. The predicted molar refractivity (Wildman–Crippen MR) is 86.1 cm³/mol. The highest BCUT2D eigenvalue weighted by molar-refractivity contribution is 7.87. The monoisotopic (exact) mass is 345 g/mol. The number of amides is 1. The number of hydrogen-bond acceptors (Lipinski definition) is 4. The van der Waals surface area contributed by atoms with Gasteiger partial charge in [0.2, 0.25) is 5.91 Å². The quantitative estimate of drug-likeness (QED) is 0.752. The van der Waals surface area contributed by atoms with Crippen molar-refractivity contribution in [3.63, 3.8) is 0 Å². The van der Waals surface area contributed by atoms with E-state index in [2.05, 4.69) is 4.72 Å². The van der Waals surface area contributed by atoms with Gasteiger partial charge in [0, 0.05) is 38.1 Å². The van der Waals surface area contributed by atoms with Crippen molar-refractivity contribution in [1.82, 2.24) is 13.9 Å². The van der Waals surface area contributed by atoms with Gasteiger partial charge in [0.05, 0.1) is 13.2 Å². The Kier molecular flexibility index (Phi) is 5.56. The van der Waals surface area contributed by atoms with Crippen molar-refractivity contribution < 1.29 is 17.9 Å². The summed E-state index contributed by atoms with van der Waals surface area (Å²) in [6, 6.07) is -0.0125. The zero-order valence-electron chi connectivity index (χ0n) is 13.6. The van der Waals surface area contributed by atoms with Crippen molar-refractivity contribution in [1.29, 1.82) is 0 Å². The van der Waals surface area contributed by atoms with Crippen LogP contribution in [0.15, 0.2) is 0 Å². The van der Waals surface area contributed by atoms with Gasteiger partial charge in [0.15, 0.2) is 0 Å². The first-order valence-corrected chi connectivity index (χ1v) is 10.1. The summed E-state index contributed by atoms with van der Waals surface area (Å²) >= 11 is 0. The van der Waals surface area contributed by atoms with E-state index < -0.39 is 10.2 Å². The van der Waals surface area contributed by atoms with Crippen LogP contribution in [0, 0.1) is 0 Å². The summed E-state index contributed by atoms with van der Waals surface area (Å²) in [6.45, 7) is 2.12. The fourth-order valence-corrected chi connectivity index (χ4v) is 5.16. The molecule has 23 heavy (non-hydrogen) atoms. The van der Waals surface area contributed by atoms with E-state index in [0.29, 0.717) is 38.9 Å². The topological polar surface area (TPSA) is 79.0 Å². The van der Waals surface area contributed by atoms with Gasteiger partial charge in [-0.3, -0.25) is 4.79 Å². The van der Waals surface area contributed by atoms with Crippen LogP contribution in [0.25, 0.3) is 0 Å². The third-order valence-electron chi connectivity index (χ3n) is 5.05. The molecule has 0 radical (unpaired) electrons. The Morgan fingerprint density at radius 3 is 2.35 bits per heavy atom. The van der Waals surface area contributed by atoms with Gasteiger partial charge in [-0.05, 0) is 12.8 Å². The Labute approximate surface area is 138 Å². The average Bonchev–Trinajstić information content (AvgIpc) is 2.75. The molecule has 3 fully saturated rings. The molecule has 0 aromatic carbocycles. The van der Waals surface area contributed by atoms with Crippen LogP contribution in [-0.2, 0) is 19.7 Å². The van der Waals surface area contributed by atoms with Gasteiger partial charge < -0.3 is 9.64 Å². The predicted octanol–water partition coefficient (Wildman–Crippen LogP) is 0.477. The maximum absolute atomic E-state index is 12.4. The van der Waals surface area contributed by atoms with Gasteiger partial charge in [0.25, 0.3) is 10.2 Å². The molecule has 3 aliphatic rings. The summed E-state index contributed by atoms with van der Waals surface area (Å²) in [5, 5.41) is 0. The van der Waals surface area contributed by atoms with Crippen LogP contribution in [0.2, 0.25) is 0 Å². The van der Waals surface area contributed by atoms with Crippen molar-refractivity contribution in [2.45, 2.75) is 57.0 Å². The molecule has 0 bridgehead atoms. The van der Waals surface area contributed by atoms with Crippen LogP contribution in [0.3, 0.4) is 0 Å². The SMILES string of the molecule is O=C1C[C@@H](NS(=O)(=O)N2CCOCC2)CN1C1CCCCCC1. The first-order valence-electron chi connectivity index (χ1n) is 8.71. The highest BCUT2D eigenvalue weighted by atomic mass is 32.2. The van der Waals surface area contributed by atoms with Gasteiger partial charge in [-0.2, -0.15) is 17.4 Å². The normalized spacial score (nSPS) is 29.0. The highest BCUT2D eigenvalue weighted by Crippen LogP contribution is 2.26. The van der Waals surface area contributed by atoms with Crippen LogP contribution in [0.5, 0.6) is 0 Å². The third kappa shape index (κ3) is 4.23. The molecule has 0 spiro atoms. The largest absolute Gasteiger partial charge is 0.379 e. The summed E-state index contributed by atoms with van der Waals surface area (Å²) in [7, 11) is -3.53. The summed E-state index contributed by atoms with van der Waals surface area (Å²) in [6.07, 6.45) is 7.19. The number of nitrogens with one attached hydrogen (secondary N) is 1. The van der Waals surface area contributed by atoms with Gasteiger partial charge in [0.1, 0.15) is 0 Å². The molecule has 0 aromatic rings. The zero-order valence-corrected chi connectivity index (χ0v) is 14.4. The van der Waals surface area contributed by atoms with Gasteiger partial charge in [-0.15, -0.1) is 0 Å². The first kappa shape index (κ1) is 17.1. The Bertz CT molecular complexity index is 511. The Morgan fingerprint density at radius 1 is 1.04 bits per heavy atom. The van der Waals surface area contributed by atoms with Crippen molar-refractivity contribution in [2.24, 2.45) is 0 Å². The second-order valence-electron chi connectivity index (χ2n) is 6.73. The van der Waals surface area contributed by atoms with E-state index >= 15 is 0 Å². The van der Waals surface area contributed by atoms with E-state index in [1.54, 1.807) is 0 Å². The minimum absolute atomic E-state index is 0.0894. The van der Waals surface area contributed by atoms with Crippen LogP contribution in [0.4, 0.5) is 0 Å². The molecule has 2 saturated heterocycles. The smallest absolute Gasteiger partial charge is 0.279 e. The first-order chi connectivity index (χ1) is 11.1. The fraction of sp³-hybridized carbons (Fsp3) is 0.933. The van der Waals surface area contributed by atoms with E-state index in [0.717, 1.165) is 12.8 Å². The molecule has 3 rings (SSSR count). The van der Waals surface area contributed by atoms with Crippen molar-refractivity contribution in [2.75, 3.05) is 32.8 Å². The Balaban J connectivity index is 1.58. The number of rotatable bonds is 4. The lowest BCUT2D eigenvalue weighted by Gasteiger charge is -2.29. The molecule has 132 valence electrons. The average molecular weight is 345 g/mol. The molecule has 1 N–H and O–H groups in total. The van der Waals surface area contributed by atoms with Gasteiger partial charge in [-0.1, -0.05) is 25.7 Å². The van der Waals surface area contributed by atoms with Crippen LogP contribution >= 0.6 is 0 Å². The molecule has 1 amide bonds. The van der Waals surface area contributed by atoms with Crippen molar-refractivity contribution in [3.8, 4) is 0 Å². The molecule has 0 aromatic heterocycles. The zero-order chi connectivity index (χ0) is 16.3. The van der Waals surface area contributed by atoms with E-state index in [1.165, 1.54) is 30.0 Å². The Hall–Kier alpha value is -0.700. The maximum atomic E-state index is 12.4. The molecular formula is C15H27N3O4S. The van der Waals surface area contributed by atoms with Crippen LogP contribution < -0.4 is 4.72 Å². The third-order valence-corrected chi connectivity index (χ3v) is 6.73. The summed E-state index contributed by atoms with van der Waals surface area (Å²) < 4.78 is 34.2. The van der Waals surface area contributed by atoms with Gasteiger partial charge in [-0.25, -0.2) is 0 Å². The van der Waals surface area contributed by atoms with Crippen molar-refractivity contribution in [3.05, 3.63) is 0 Å². The van der Waals surface area contributed by atoms with E-state index in [1.807, 2.05) is 4.90 Å². The molecule has 8 heteroatoms. The minimum Gasteiger partial charge on any atom is -0.379 e. The molecular weight excluding hydrogens is 318 g/mol. The fourth-order valence-electron chi connectivity index (χ4n) is 3.81. The van der Waals surface area contributed by atoms with Gasteiger partial charge >= 0.3 is 0 Å². The standard InChI is InChI=1S/C15H27N3O4S/c19-15-11-13(12-18(15)14-5-3-1-2-4-6-14)16-23(20,21)17-7-9-22-10-8-17/h13-14,16H,1-12H2/t13-/m1/s1. The number of morpholine rings is 1. The lowest BCUT2D eigenvalue weighted by atomic mass is 10.1. The van der Waals surface area contributed by atoms with E-state index in [-0.39, 0.29) is 18.4 Å². The Morgan fingerprint density at radius 2 is 1.70 bits per heavy atom. The van der Waals surface area contributed by atoms with Crippen molar-refractivity contribution >= 4 is 16.1 Å². The van der Waals surface area contributed by atoms with Crippen LogP contribution in [0.1, 0.15) is 44.9 Å². The maximum Gasteiger partial charge on any atom is 0.279 e. The number of ether oxygens (including phenoxy) is 1. The minimum atomic E-state index is -3.53. The van der Waals surface area contributed by atoms with E-state index in [4.69, 9.17) is 4.74 Å². The molecule has 1 saturated carbocycles. The molecule has 1 aliphatic carbocycles. The lowest BCUT2D eigenvalue weighted by Crippen LogP contribution is -2.50. The number of carbonyl (C=O) groups excluding carboxylic acids is 1. The lowest BCUT2D eigenvalue weighted by molar-refractivity contribution is -0.129. The summed E-state index contributed by atoms with van der Waals surface area (Å²) in [5.41, 5.74) is 0. The number of nitrogens with zero attached hydrogens (tertiary/aromatic N) is 2. The number of carbonyl (C=O) groups is 1. The molecule has 2 aliphatic heterocycles. The number of likely N-dealkylation sites (tertiary alicyclic amines) is 1. The molecule has 1 atom stereocenters. The molecule has 2 heterocycles. The highest BCUT2D eigenvalue weighted by Gasteiger charge is 2.37. The molecule has 7 nitrogen and oxygen atoms in total.